The fourth-order valence-corrected chi connectivity index (χ4v) is 5.39. The Morgan fingerprint density at radius 1 is 1.10 bits per heavy atom. The molecule has 6 rings (SSSR count). The van der Waals surface area contributed by atoms with Crippen LogP contribution >= 0.6 is 11.6 Å². The Kier molecular flexibility index (Phi) is 7.08. The van der Waals surface area contributed by atoms with Crippen molar-refractivity contribution in [2.24, 2.45) is 5.10 Å². The van der Waals surface area contributed by atoms with Gasteiger partial charge in [0.2, 0.25) is 12.5 Å². The molecule has 10 nitrogen and oxygen atoms in total. The second-order valence-corrected chi connectivity index (χ2v) is 10.2. The zero-order valence-corrected chi connectivity index (χ0v) is 22.2. The van der Waals surface area contributed by atoms with Crippen LogP contribution in [0.25, 0.3) is 10.9 Å². The van der Waals surface area contributed by atoms with E-state index in [0.717, 1.165) is 37.7 Å². The van der Waals surface area contributed by atoms with Gasteiger partial charge in [-0.1, -0.05) is 49.1 Å². The molecule has 0 radical (unpaired) electrons. The van der Waals surface area contributed by atoms with Crippen LogP contribution in [0.3, 0.4) is 0 Å². The Morgan fingerprint density at radius 2 is 1.90 bits per heavy atom. The third-order valence-corrected chi connectivity index (χ3v) is 7.36. The maximum Gasteiger partial charge on any atom is 0.313 e. The number of nitro groups is 1. The largest absolute Gasteiger partial charge is 0.481 e. The van der Waals surface area contributed by atoms with Crippen LogP contribution in [-0.2, 0) is 6.61 Å². The second-order valence-electron chi connectivity index (χ2n) is 9.76. The molecule has 0 bridgehead atoms. The lowest BCUT2D eigenvalue weighted by Crippen LogP contribution is -2.25. The van der Waals surface area contributed by atoms with E-state index in [1.54, 1.807) is 30.3 Å². The zero-order valence-electron chi connectivity index (χ0n) is 21.4. The van der Waals surface area contributed by atoms with Crippen LogP contribution < -0.4 is 19.8 Å². The molecule has 2 heterocycles. The van der Waals surface area contributed by atoms with Crippen molar-refractivity contribution >= 4 is 34.4 Å². The molecule has 1 aliphatic carbocycles. The zero-order chi connectivity index (χ0) is 27.6. The van der Waals surface area contributed by atoms with E-state index < -0.39 is 4.92 Å². The molecule has 0 N–H and O–H groups in total. The van der Waals surface area contributed by atoms with E-state index in [1.807, 2.05) is 12.1 Å². The Balaban J connectivity index is 1.41. The van der Waals surface area contributed by atoms with E-state index >= 15 is 0 Å². The number of rotatable bonds is 7. The number of nitro benzene ring substituents is 1. The highest BCUT2D eigenvalue weighted by Gasteiger charge is 2.24. The average Bonchev–Trinajstić information content (AvgIpc) is 3.44. The summed E-state index contributed by atoms with van der Waals surface area (Å²) in [5.41, 5.74) is 0.985. The van der Waals surface area contributed by atoms with Crippen molar-refractivity contribution < 1.29 is 19.1 Å². The lowest BCUT2D eigenvalue weighted by atomic mass is 9.88. The maximum atomic E-state index is 13.6. The van der Waals surface area contributed by atoms with Gasteiger partial charge in [-0.15, -0.1) is 0 Å². The van der Waals surface area contributed by atoms with Gasteiger partial charge in [-0.2, -0.15) is 9.78 Å². The van der Waals surface area contributed by atoms with E-state index in [-0.39, 0.29) is 46.9 Å². The number of fused-ring (bicyclic) bond motifs is 2. The molecule has 204 valence electrons. The summed E-state index contributed by atoms with van der Waals surface area (Å²) in [5.74, 6) is 1.85. The van der Waals surface area contributed by atoms with E-state index in [0.29, 0.717) is 28.2 Å². The molecular weight excluding hydrogens is 536 g/mol. The lowest BCUT2D eigenvalue weighted by molar-refractivity contribution is -0.385. The van der Waals surface area contributed by atoms with Gasteiger partial charge in [0, 0.05) is 22.6 Å². The first-order chi connectivity index (χ1) is 19.5. The topological polar surface area (TPSA) is 118 Å². The Bertz CT molecular complexity index is 1700. The first-order valence-electron chi connectivity index (χ1n) is 13.0. The summed E-state index contributed by atoms with van der Waals surface area (Å²) in [6.45, 7) is 0.152. The third-order valence-electron chi connectivity index (χ3n) is 7.14. The van der Waals surface area contributed by atoms with Gasteiger partial charge in [0.05, 0.1) is 22.0 Å². The molecule has 0 saturated heterocycles. The Labute approximate surface area is 233 Å². The number of halogens is 1. The molecule has 0 unspecified atom stereocenters. The molecule has 1 fully saturated rings. The van der Waals surface area contributed by atoms with E-state index in [9.17, 15) is 14.9 Å². The summed E-state index contributed by atoms with van der Waals surface area (Å²) in [5, 5.41) is 17.1. The minimum absolute atomic E-state index is 0.0168. The molecule has 40 heavy (non-hydrogen) atoms. The SMILES string of the molecule is O=c1c2ccccc2nc(C2CCCCC2)n1N=Cc1cc(Cl)cc([N+](=O)[O-])c1OCc1ccc2c(c1)OCO2. The van der Waals surface area contributed by atoms with Gasteiger partial charge in [0.15, 0.2) is 11.5 Å². The van der Waals surface area contributed by atoms with Crippen LogP contribution in [0, 0.1) is 10.1 Å². The molecule has 0 spiro atoms. The highest BCUT2D eigenvalue weighted by atomic mass is 35.5. The molecule has 1 saturated carbocycles. The van der Waals surface area contributed by atoms with Crippen LogP contribution in [0.15, 0.2) is 64.5 Å². The predicted octanol–water partition coefficient (Wildman–Crippen LogP) is 6.20. The van der Waals surface area contributed by atoms with E-state index in [1.165, 1.54) is 23.0 Å². The summed E-state index contributed by atoms with van der Waals surface area (Å²) in [4.78, 5) is 29.8. The highest BCUT2D eigenvalue weighted by molar-refractivity contribution is 6.31. The van der Waals surface area contributed by atoms with Gasteiger partial charge in [0.1, 0.15) is 12.4 Å². The van der Waals surface area contributed by atoms with Gasteiger partial charge >= 0.3 is 5.69 Å². The minimum Gasteiger partial charge on any atom is -0.481 e. The molecular formula is C29H25ClN4O6. The van der Waals surface area contributed by atoms with Crippen molar-refractivity contribution in [3.05, 3.63) is 97.0 Å². The third kappa shape index (κ3) is 5.10. The monoisotopic (exact) mass is 560 g/mol. The Hall–Kier alpha value is -4.44. The number of nitrogens with zero attached hydrogens (tertiary/aromatic N) is 4. The first kappa shape index (κ1) is 25.8. The molecule has 3 aromatic carbocycles. The summed E-state index contributed by atoms with van der Waals surface area (Å²) < 4.78 is 18.1. The number of aromatic nitrogens is 2. The number of hydrogen-bond donors (Lipinski definition) is 0. The normalized spacial score (nSPS) is 15.1. The average molecular weight is 561 g/mol. The van der Waals surface area contributed by atoms with Crippen LogP contribution in [0.1, 0.15) is 55.0 Å². The predicted molar refractivity (Wildman–Crippen MR) is 150 cm³/mol. The van der Waals surface area contributed by atoms with Crippen molar-refractivity contribution in [3.8, 4) is 17.2 Å². The van der Waals surface area contributed by atoms with Crippen molar-refractivity contribution in [1.29, 1.82) is 0 Å². The quantitative estimate of drug-likeness (QED) is 0.150. The maximum absolute atomic E-state index is 13.6. The molecule has 1 aromatic heterocycles. The molecule has 1 aliphatic heterocycles. The van der Waals surface area contributed by atoms with Gasteiger partial charge in [0.25, 0.3) is 5.56 Å². The van der Waals surface area contributed by atoms with Crippen molar-refractivity contribution in [3.63, 3.8) is 0 Å². The van der Waals surface area contributed by atoms with Crippen LogP contribution in [-0.4, -0.2) is 27.6 Å². The number of hydrogen-bond acceptors (Lipinski definition) is 8. The van der Waals surface area contributed by atoms with Crippen molar-refractivity contribution in [1.82, 2.24) is 9.66 Å². The van der Waals surface area contributed by atoms with Crippen LogP contribution in [0.4, 0.5) is 5.69 Å². The van der Waals surface area contributed by atoms with Gasteiger partial charge < -0.3 is 14.2 Å². The summed E-state index contributed by atoms with van der Waals surface area (Å²) in [6, 6.07) is 15.2. The molecule has 0 atom stereocenters. The summed E-state index contributed by atoms with van der Waals surface area (Å²) >= 11 is 6.26. The fraction of sp³-hybridized carbons (Fsp3) is 0.276. The van der Waals surface area contributed by atoms with Crippen LogP contribution in [0.2, 0.25) is 5.02 Å². The number of ether oxygens (including phenoxy) is 3. The van der Waals surface area contributed by atoms with Gasteiger partial charge in [-0.3, -0.25) is 14.9 Å². The minimum atomic E-state index is -0.560. The molecule has 11 heteroatoms. The number of para-hydroxylation sites is 1. The highest BCUT2D eigenvalue weighted by Crippen LogP contribution is 2.37. The van der Waals surface area contributed by atoms with Crippen molar-refractivity contribution in [2.45, 2.75) is 44.6 Å². The molecule has 2 aliphatic rings. The second kappa shape index (κ2) is 11.0. The smallest absolute Gasteiger partial charge is 0.313 e. The number of benzene rings is 3. The van der Waals surface area contributed by atoms with Crippen molar-refractivity contribution in [2.75, 3.05) is 6.79 Å². The summed E-state index contributed by atoms with van der Waals surface area (Å²) in [7, 11) is 0. The van der Waals surface area contributed by atoms with E-state index in [4.69, 9.17) is 30.8 Å². The standard InChI is InChI=1S/C29H25ClN4O6/c30-21-13-20(27(24(14-21)34(36)37)38-16-18-10-11-25-26(12-18)40-17-39-25)15-31-33-28(19-6-2-1-3-7-19)32-23-9-5-4-8-22(23)29(33)35/h4-5,8-15,19H,1-3,6-7,16-17H2. The molecule has 0 amide bonds. The Morgan fingerprint density at radius 3 is 2.73 bits per heavy atom. The van der Waals surface area contributed by atoms with E-state index in [2.05, 4.69) is 5.10 Å². The summed E-state index contributed by atoms with van der Waals surface area (Å²) in [6.07, 6.45) is 6.44. The first-order valence-corrected chi connectivity index (χ1v) is 13.4. The van der Waals surface area contributed by atoms with Crippen LogP contribution in [0.5, 0.6) is 17.2 Å². The fourth-order valence-electron chi connectivity index (χ4n) is 5.17. The van der Waals surface area contributed by atoms with Gasteiger partial charge in [-0.25, -0.2) is 4.98 Å². The molecule has 4 aromatic rings. The lowest BCUT2D eigenvalue weighted by Gasteiger charge is -2.22. The van der Waals surface area contributed by atoms with Gasteiger partial charge in [-0.05, 0) is 48.7 Å².